The molecule has 178 valence electrons. The maximum atomic E-state index is 13.4. The number of amides is 2. The molecule has 0 spiro atoms. The monoisotopic (exact) mass is 453 g/mol. The van der Waals surface area contributed by atoms with Crippen LogP contribution >= 0.6 is 0 Å². The van der Waals surface area contributed by atoms with E-state index >= 15 is 0 Å². The number of rotatable bonds is 8. The zero-order valence-corrected chi connectivity index (χ0v) is 20.1. The number of hydrogen-bond donors (Lipinski definition) is 1. The number of aromatic nitrogens is 1. The van der Waals surface area contributed by atoms with E-state index in [4.69, 9.17) is 4.74 Å². The van der Waals surface area contributed by atoms with E-state index in [1.54, 1.807) is 22.8 Å². The van der Waals surface area contributed by atoms with Gasteiger partial charge in [-0.1, -0.05) is 32.0 Å². The highest BCUT2D eigenvalue weighted by molar-refractivity contribution is 5.99. The van der Waals surface area contributed by atoms with Gasteiger partial charge in [0.1, 0.15) is 16.9 Å². The second kappa shape index (κ2) is 11.2. The molecule has 1 atom stereocenters. The van der Waals surface area contributed by atoms with Crippen LogP contribution < -0.4 is 15.5 Å². The molecule has 1 aliphatic rings. The van der Waals surface area contributed by atoms with Crippen molar-refractivity contribution in [3.63, 3.8) is 0 Å². The lowest BCUT2D eigenvalue weighted by atomic mass is 10.0. The molecule has 0 saturated carbocycles. The van der Waals surface area contributed by atoms with Crippen LogP contribution in [-0.2, 0) is 6.54 Å². The van der Waals surface area contributed by atoms with Crippen LogP contribution in [0.4, 0.5) is 0 Å². The molecule has 0 aliphatic carbocycles. The summed E-state index contributed by atoms with van der Waals surface area (Å²) >= 11 is 0. The molecule has 1 fully saturated rings. The Morgan fingerprint density at radius 3 is 2.58 bits per heavy atom. The van der Waals surface area contributed by atoms with Crippen molar-refractivity contribution in [3.05, 3.63) is 63.6 Å². The predicted octanol–water partition coefficient (Wildman–Crippen LogP) is 3.70. The highest BCUT2D eigenvalue weighted by Gasteiger charge is 2.28. The van der Waals surface area contributed by atoms with E-state index in [0.717, 1.165) is 31.2 Å². The number of pyridine rings is 1. The number of carbonyl (C=O) groups is 2. The number of ether oxygens (including phenoxy) is 1. The van der Waals surface area contributed by atoms with Gasteiger partial charge in [0, 0.05) is 37.1 Å². The molecule has 0 bridgehead atoms. The number of likely N-dealkylation sites (tertiary alicyclic amines) is 1. The normalized spacial score (nSPS) is 16.0. The number of benzene rings is 1. The largest absolute Gasteiger partial charge is 0.496 e. The summed E-state index contributed by atoms with van der Waals surface area (Å²) < 4.78 is 7.19. The van der Waals surface area contributed by atoms with Gasteiger partial charge in [0.2, 0.25) is 5.43 Å². The van der Waals surface area contributed by atoms with E-state index < -0.39 is 11.3 Å². The second-order valence-corrected chi connectivity index (χ2v) is 9.18. The van der Waals surface area contributed by atoms with Crippen molar-refractivity contribution in [1.82, 2.24) is 14.8 Å². The molecule has 33 heavy (non-hydrogen) atoms. The summed E-state index contributed by atoms with van der Waals surface area (Å²) in [5.74, 6) is 0.381. The maximum Gasteiger partial charge on any atom is 0.259 e. The second-order valence-electron chi connectivity index (χ2n) is 9.18. The van der Waals surface area contributed by atoms with Gasteiger partial charge in [-0.05, 0) is 44.6 Å². The number of methoxy groups -OCH3 is 1. The lowest BCUT2D eigenvalue weighted by molar-refractivity contribution is 0.0633. The summed E-state index contributed by atoms with van der Waals surface area (Å²) in [7, 11) is 1.60. The minimum Gasteiger partial charge on any atom is -0.496 e. The van der Waals surface area contributed by atoms with Gasteiger partial charge in [0.05, 0.1) is 13.7 Å². The lowest BCUT2D eigenvalue weighted by Gasteiger charge is -2.33. The number of piperidine rings is 1. The molecule has 0 radical (unpaired) electrons. The van der Waals surface area contributed by atoms with Gasteiger partial charge >= 0.3 is 0 Å². The average molecular weight is 454 g/mol. The first-order valence-corrected chi connectivity index (χ1v) is 11.8. The molecule has 7 heteroatoms. The van der Waals surface area contributed by atoms with E-state index in [0.29, 0.717) is 31.3 Å². The molecular formula is C26H35N3O4. The fraction of sp³-hybridized carbons (Fsp3) is 0.500. The first-order valence-electron chi connectivity index (χ1n) is 11.8. The molecule has 1 saturated heterocycles. The molecule has 2 amide bonds. The van der Waals surface area contributed by atoms with Crippen molar-refractivity contribution in [1.29, 1.82) is 0 Å². The van der Waals surface area contributed by atoms with E-state index in [-0.39, 0.29) is 23.1 Å². The fourth-order valence-corrected chi connectivity index (χ4v) is 4.19. The Hall–Kier alpha value is -3.09. The molecule has 7 nitrogen and oxygen atoms in total. The summed E-state index contributed by atoms with van der Waals surface area (Å²) in [6, 6.07) is 7.64. The SMILES string of the molecule is COc1ccccc1Cn1cc(C(=O)NCCC(C)C)c(=O)c(C(=O)N2CCCCC2C)c1. The van der Waals surface area contributed by atoms with E-state index in [1.165, 1.54) is 6.20 Å². The van der Waals surface area contributed by atoms with Gasteiger partial charge in [0.15, 0.2) is 0 Å². The van der Waals surface area contributed by atoms with E-state index in [1.807, 2.05) is 31.2 Å². The molecule has 2 heterocycles. The van der Waals surface area contributed by atoms with Crippen LogP contribution in [0.15, 0.2) is 41.5 Å². The van der Waals surface area contributed by atoms with E-state index in [9.17, 15) is 14.4 Å². The molecule has 1 unspecified atom stereocenters. The third kappa shape index (κ3) is 6.03. The molecule has 1 aromatic heterocycles. The zero-order chi connectivity index (χ0) is 24.0. The minimum atomic E-state index is -0.518. The van der Waals surface area contributed by atoms with Gasteiger partial charge in [0.25, 0.3) is 11.8 Å². The van der Waals surface area contributed by atoms with Gasteiger partial charge in [-0.15, -0.1) is 0 Å². The summed E-state index contributed by atoms with van der Waals surface area (Å²) in [6.45, 7) is 7.62. The molecular weight excluding hydrogens is 418 g/mol. The molecule has 1 aliphatic heterocycles. The Balaban J connectivity index is 2.00. The van der Waals surface area contributed by atoms with Crippen molar-refractivity contribution < 1.29 is 14.3 Å². The van der Waals surface area contributed by atoms with Crippen molar-refractivity contribution in [2.75, 3.05) is 20.2 Å². The highest BCUT2D eigenvalue weighted by atomic mass is 16.5. The number of carbonyl (C=O) groups excluding carboxylic acids is 2. The van der Waals surface area contributed by atoms with Crippen LogP contribution in [0.1, 0.15) is 72.7 Å². The number of para-hydroxylation sites is 1. The molecule has 3 rings (SSSR count). The van der Waals surface area contributed by atoms with Crippen LogP contribution in [0.3, 0.4) is 0 Å². The van der Waals surface area contributed by atoms with Crippen molar-refractivity contribution in [2.45, 2.75) is 59.0 Å². The average Bonchev–Trinajstić information content (AvgIpc) is 2.80. The van der Waals surface area contributed by atoms with Crippen LogP contribution in [0, 0.1) is 5.92 Å². The summed E-state index contributed by atoms with van der Waals surface area (Å²) in [4.78, 5) is 41.3. The fourth-order valence-electron chi connectivity index (χ4n) is 4.19. The highest BCUT2D eigenvalue weighted by Crippen LogP contribution is 2.21. The van der Waals surface area contributed by atoms with Crippen LogP contribution in [-0.4, -0.2) is 47.5 Å². The Bertz CT molecular complexity index is 1040. The van der Waals surface area contributed by atoms with Crippen LogP contribution in [0.25, 0.3) is 0 Å². The number of hydrogen-bond acceptors (Lipinski definition) is 4. The topological polar surface area (TPSA) is 80.6 Å². The van der Waals surface area contributed by atoms with Crippen molar-refractivity contribution in [2.24, 2.45) is 5.92 Å². The van der Waals surface area contributed by atoms with Crippen molar-refractivity contribution >= 4 is 11.8 Å². The number of nitrogens with zero attached hydrogens (tertiary/aromatic N) is 2. The Labute approximate surface area is 195 Å². The Kier molecular flexibility index (Phi) is 8.31. The van der Waals surface area contributed by atoms with Crippen LogP contribution in [0.5, 0.6) is 5.75 Å². The first-order chi connectivity index (χ1) is 15.8. The summed E-state index contributed by atoms with van der Waals surface area (Å²) in [5.41, 5.74) is 0.398. The summed E-state index contributed by atoms with van der Waals surface area (Å²) in [5, 5.41) is 2.84. The zero-order valence-electron chi connectivity index (χ0n) is 20.1. The van der Waals surface area contributed by atoms with Crippen LogP contribution in [0.2, 0.25) is 0 Å². The van der Waals surface area contributed by atoms with Gasteiger partial charge in [-0.25, -0.2) is 0 Å². The quantitative estimate of drug-likeness (QED) is 0.661. The predicted molar refractivity (Wildman–Crippen MR) is 129 cm³/mol. The molecule has 2 aromatic rings. The Morgan fingerprint density at radius 1 is 1.15 bits per heavy atom. The van der Waals surface area contributed by atoms with Gasteiger partial charge < -0.3 is 19.5 Å². The smallest absolute Gasteiger partial charge is 0.259 e. The standard InChI is InChI=1S/C26H35N3O4/c1-18(2)12-13-27-25(31)21-16-28(15-20-10-5-6-11-23(20)33-4)17-22(24(21)30)26(32)29-14-8-7-9-19(29)3/h5-6,10-11,16-19H,7-9,12-15H2,1-4H3,(H,27,31). The Morgan fingerprint density at radius 2 is 1.88 bits per heavy atom. The third-order valence-corrected chi connectivity index (χ3v) is 6.17. The summed E-state index contributed by atoms with van der Waals surface area (Å²) in [6.07, 6.45) is 6.82. The number of nitrogens with one attached hydrogen (secondary N) is 1. The van der Waals surface area contributed by atoms with Crippen molar-refractivity contribution in [3.8, 4) is 5.75 Å². The molecule has 1 aromatic carbocycles. The van der Waals surface area contributed by atoms with Gasteiger partial charge in [-0.2, -0.15) is 0 Å². The minimum absolute atomic E-state index is 0.0100. The van der Waals surface area contributed by atoms with Gasteiger partial charge in [-0.3, -0.25) is 14.4 Å². The first kappa shape index (κ1) is 24.6. The lowest BCUT2D eigenvalue weighted by Crippen LogP contribution is -2.44. The molecule has 1 N–H and O–H groups in total. The maximum absolute atomic E-state index is 13.4. The third-order valence-electron chi connectivity index (χ3n) is 6.17. The van der Waals surface area contributed by atoms with E-state index in [2.05, 4.69) is 19.2 Å².